The zero-order valence-corrected chi connectivity index (χ0v) is 16.6. The first-order chi connectivity index (χ1) is 13.2. The summed E-state index contributed by atoms with van der Waals surface area (Å²) in [4.78, 5) is 4.14. The van der Waals surface area contributed by atoms with Crippen molar-refractivity contribution < 1.29 is 5.64 Å². The summed E-state index contributed by atoms with van der Waals surface area (Å²) in [6.45, 7) is 6.78. The highest BCUT2D eigenvalue weighted by Crippen LogP contribution is 2.44. The predicted molar refractivity (Wildman–Crippen MR) is 114 cm³/mol. The van der Waals surface area contributed by atoms with E-state index >= 15 is 0 Å². The summed E-state index contributed by atoms with van der Waals surface area (Å²) in [7, 11) is -1.13. The van der Waals surface area contributed by atoms with Crippen LogP contribution in [0.5, 0.6) is 0 Å². The van der Waals surface area contributed by atoms with Crippen LogP contribution in [0, 0.1) is 13.8 Å². The number of benzene rings is 3. The van der Waals surface area contributed by atoms with Crippen LogP contribution in [0.2, 0.25) is 0 Å². The maximum Gasteiger partial charge on any atom is 0.0892 e. The molecule has 1 atom stereocenters. The first kappa shape index (κ1) is 18.0. The quantitative estimate of drug-likeness (QED) is 0.637. The van der Waals surface area contributed by atoms with Crippen molar-refractivity contribution in [3.63, 3.8) is 0 Å². The minimum absolute atomic E-state index is 0. The third-order valence-corrected chi connectivity index (χ3v) is 6.65. The minimum Gasteiger partial charge on any atom is -0.338 e. The third kappa shape index (κ3) is 3.43. The number of fused-ring (bicyclic) bond motifs is 2. The Morgan fingerprint density at radius 3 is 2.48 bits per heavy atom. The summed E-state index contributed by atoms with van der Waals surface area (Å²) in [6.07, 6.45) is 0. The Morgan fingerprint density at radius 1 is 0.926 bits per heavy atom. The summed E-state index contributed by atoms with van der Waals surface area (Å²) >= 11 is 0. The van der Waals surface area contributed by atoms with Crippen molar-refractivity contribution in [3.05, 3.63) is 83.4 Å². The van der Waals surface area contributed by atoms with E-state index in [1.807, 2.05) is 30.3 Å². The second kappa shape index (κ2) is 7.67. The lowest BCUT2D eigenvalue weighted by molar-refractivity contribution is 0.671. The van der Waals surface area contributed by atoms with E-state index in [1.54, 1.807) is 0 Å². The summed E-state index contributed by atoms with van der Waals surface area (Å²) in [5.41, 5.74) is 5.88. The molecule has 1 aliphatic rings. The van der Waals surface area contributed by atoms with Gasteiger partial charge in [-0.25, -0.2) is 4.21 Å². The van der Waals surface area contributed by atoms with Crippen LogP contribution in [-0.2, 0) is 17.3 Å². The van der Waals surface area contributed by atoms with Gasteiger partial charge in [0, 0.05) is 21.1 Å². The topological polar surface area (TPSA) is 32.3 Å². The number of rotatable bonds is 5. The Bertz CT molecular complexity index is 991. The first-order valence-corrected chi connectivity index (χ1v) is 10.4. The van der Waals surface area contributed by atoms with Gasteiger partial charge in [-0.05, 0) is 48.7 Å². The Labute approximate surface area is 165 Å². The van der Waals surface area contributed by atoms with Gasteiger partial charge in [0.15, 0.2) is 0 Å². The van der Waals surface area contributed by atoms with Gasteiger partial charge >= 0.3 is 0 Å². The molecule has 0 spiro atoms. The summed E-state index contributed by atoms with van der Waals surface area (Å²) < 4.78 is 13.1. The average Bonchev–Trinajstić information content (AvgIpc) is 2.71. The molecule has 1 N–H and O–H groups in total. The molecule has 1 unspecified atom stereocenters. The van der Waals surface area contributed by atoms with Crippen molar-refractivity contribution in [3.8, 4) is 0 Å². The van der Waals surface area contributed by atoms with E-state index in [9.17, 15) is 4.21 Å². The molecule has 0 bridgehead atoms. The molecule has 27 heavy (non-hydrogen) atoms. The van der Waals surface area contributed by atoms with Crippen molar-refractivity contribution in [2.24, 2.45) is 0 Å². The summed E-state index contributed by atoms with van der Waals surface area (Å²) in [5.74, 6) is 0. The van der Waals surface area contributed by atoms with Crippen LogP contribution in [0.4, 0.5) is 11.4 Å². The number of aryl methyl sites for hydroxylation is 1. The second-order valence-electron chi connectivity index (χ2n) is 6.90. The van der Waals surface area contributed by atoms with Crippen LogP contribution < -0.4 is 10.2 Å². The van der Waals surface area contributed by atoms with E-state index in [4.69, 9.17) is 0 Å². The zero-order chi connectivity index (χ0) is 18.8. The van der Waals surface area contributed by atoms with Gasteiger partial charge < -0.3 is 10.2 Å². The summed E-state index contributed by atoms with van der Waals surface area (Å²) in [6, 6.07) is 22.6. The zero-order valence-electron chi connectivity index (χ0n) is 15.7. The number of hydrogen-bond acceptors (Lipinski definition) is 3. The van der Waals surface area contributed by atoms with Gasteiger partial charge in [-0.1, -0.05) is 48.5 Å². The fraction of sp³-hybridized carbons (Fsp3) is 0.217. The number of para-hydroxylation sites is 1. The van der Waals surface area contributed by atoms with E-state index in [0.29, 0.717) is 0 Å². The molecule has 4 rings (SSSR count). The van der Waals surface area contributed by atoms with Crippen molar-refractivity contribution >= 4 is 22.2 Å². The molecule has 140 valence electrons. The van der Waals surface area contributed by atoms with Gasteiger partial charge in [-0.2, -0.15) is 0 Å². The molecule has 4 heteroatoms. The minimum atomic E-state index is -1.13. The predicted octanol–water partition coefficient (Wildman–Crippen LogP) is 4.96. The average molecular weight is 379 g/mol. The Morgan fingerprint density at radius 2 is 1.67 bits per heavy atom. The Balaban J connectivity index is 0.00000225. The standard InChI is InChI=1S/C23H24N2OS.H2/c1-17-12-13-22-23(18(17)2)25(20-10-6-7-11-21(20)27(22)26)15-14-24-16-19-8-4-3-5-9-19;/h3-13,24H,14-16H2,1-2H3;1H. The molecule has 1 heterocycles. The lowest BCUT2D eigenvalue weighted by Gasteiger charge is -2.34. The van der Waals surface area contributed by atoms with Crippen LogP contribution in [0.25, 0.3) is 0 Å². The molecule has 0 saturated heterocycles. The van der Waals surface area contributed by atoms with Gasteiger partial charge in [0.1, 0.15) is 0 Å². The highest BCUT2D eigenvalue weighted by Gasteiger charge is 2.29. The van der Waals surface area contributed by atoms with Crippen LogP contribution in [0.1, 0.15) is 18.1 Å². The molecule has 0 saturated carbocycles. The van der Waals surface area contributed by atoms with Crippen molar-refractivity contribution in [2.75, 3.05) is 18.0 Å². The molecule has 3 nitrogen and oxygen atoms in total. The molecule has 0 amide bonds. The number of anilines is 2. The maximum atomic E-state index is 13.1. The van der Waals surface area contributed by atoms with Crippen molar-refractivity contribution in [1.29, 1.82) is 0 Å². The van der Waals surface area contributed by atoms with Crippen molar-refractivity contribution in [2.45, 2.75) is 30.2 Å². The lowest BCUT2D eigenvalue weighted by Crippen LogP contribution is -2.32. The van der Waals surface area contributed by atoms with Crippen molar-refractivity contribution in [1.82, 2.24) is 5.32 Å². The Hall–Kier alpha value is -2.43. The van der Waals surface area contributed by atoms with E-state index < -0.39 is 10.8 Å². The molecule has 3 aromatic rings. The van der Waals surface area contributed by atoms with Gasteiger partial charge in [0.05, 0.1) is 32.0 Å². The highest BCUT2D eigenvalue weighted by molar-refractivity contribution is 7.85. The molecular weight excluding hydrogens is 352 g/mol. The smallest absolute Gasteiger partial charge is 0.0892 e. The number of hydrogen-bond donors (Lipinski definition) is 1. The number of nitrogens with zero attached hydrogens (tertiary/aromatic N) is 1. The SMILES string of the molecule is Cc1ccc2c(c1C)N(CCNCc1ccccc1)c1ccccc1S2=O.[HH]. The van der Waals surface area contributed by atoms with E-state index in [-0.39, 0.29) is 1.43 Å². The van der Waals surface area contributed by atoms with Gasteiger partial charge in [0.2, 0.25) is 0 Å². The van der Waals surface area contributed by atoms with Crippen LogP contribution >= 0.6 is 0 Å². The fourth-order valence-electron chi connectivity index (χ4n) is 3.59. The monoisotopic (exact) mass is 378 g/mol. The molecular formula is C23H26N2OS. The number of nitrogens with one attached hydrogen (secondary N) is 1. The van der Waals surface area contributed by atoms with E-state index in [1.165, 1.54) is 16.7 Å². The summed E-state index contributed by atoms with van der Waals surface area (Å²) in [5, 5.41) is 3.54. The molecule has 3 aromatic carbocycles. The molecule has 0 fully saturated rings. The van der Waals surface area contributed by atoms with Crippen LogP contribution in [0.15, 0.2) is 76.5 Å². The van der Waals surface area contributed by atoms with E-state index in [0.717, 1.165) is 40.8 Å². The van der Waals surface area contributed by atoms with E-state index in [2.05, 4.69) is 60.5 Å². The van der Waals surface area contributed by atoms with Gasteiger partial charge in [-0.3, -0.25) is 0 Å². The lowest BCUT2D eigenvalue weighted by atomic mass is 10.1. The van der Waals surface area contributed by atoms with Crippen LogP contribution in [0.3, 0.4) is 0 Å². The molecule has 0 aromatic heterocycles. The van der Waals surface area contributed by atoms with Crippen LogP contribution in [-0.4, -0.2) is 17.3 Å². The highest BCUT2D eigenvalue weighted by atomic mass is 32.2. The molecule has 0 radical (unpaired) electrons. The largest absolute Gasteiger partial charge is 0.338 e. The normalized spacial score (nSPS) is 15.3. The molecule has 0 aliphatic carbocycles. The first-order valence-electron chi connectivity index (χ1n) is 9.30. The fourth-order valence-corrected chi connectivity index (χ4v) is 5.03. The second-order valence-corrected chi connectivity index (χ2v) is 8.32. The van der Waals surface area contributed by atoms with Gasteiger partial charge in [-0.15, -0.1) is 0 Å². The third-order valence-electron chi connectivity index (χ3n) is 5.17. The Kier molecular flexibility index (Phi) is 5.10. The molecule has 1 aliphatic heterocycles. The maximum absolute atomic E-state index is 13.1. The van der Waals surface area contributed by atoms with Gasteiger partial charge in [0.25, 0.3) is 0 Å².